The molecule has 1 aliphatic heterocycles. The maximum absolute atomic E-state index is 9.78. The topological polar surface area (TPSA) is 41.5 Å². The van der Waals surface area contributed by atoms with Crippen molar-refractivity contribution in [2.75, 3.05) is 11.9 Å². The van der Waals surface area contributed by atoms with Crippen molar-refractivity contribution >= 4 is 17.3 Å². The molecule has 0 saturated heterocycles. The molecule has 0 aromatic heterocycles. The van der Waals surface area contributed by atoms with Crippen molar-refractivity contribution in [1.82, 2.24) is 0 Å². The average molecular weight is 276 g/mol. The van der Waals surface area contributed by atoms with Gasteiger partial charge >= 0.3 is 0 Å². The molecule has 2 aromatic carbocycles. The van der Waals surface area contributed by atoms with E-state index in [9.17, 15) is 5.11 Å². The number of fused-ring (bicyclic) bond motifs is 1. The lowest BCUT2D eigenvalue weighted by Crippen LogP contribution is -2.00. The first-order valence-electron chi connectivity index (χ1n) is 6.20. The molecule has 0 unspecified atom stereocenters. The highest BCUT2D eigenvalue weighted by atomic mass is 35.5. The third kappa shape index (κ3) is 2.47. The van der Waals surface area contributed by atoms with Gasteiger partial charge in [-0.1, -0.05) is 17.7 Å². The second-order valence-corrected chi connectivity index (χ2v) is 4.92. The van der Waals surface area contributed by atoms with Crippen LogP contribution >= 0.6 is 11.6 Å². The Kier molecular flexibility index (Phi) is 3.22. The highest BCUT2D eigenvalue weighted by Gasteiger charge is 2.12. The van der Waals surface area contributed by atoms with Gasteiger partial charge in [0.25, 0.3) is 0 Å². The Morgan fingerprint density at radius 3 is 3.00 bits per heavy atom. The maximum Gasteiger partial charge on any atom is 0.122 e. The first kappa shape index (κ1) is 12.2. The van der Waals surface area contributed by atoms with E-state index in [1.807, 2.05) is 12.1 Å². The lowest BCUT2D eigenvalue weighted by Gasteiger charge is -2.10. The molecule has 1 heterocycles. The predicted molar refractivity (Wildman–Crippen MR) is 76.1 cm³/mol. The number of hydrogen-bond acceptors (Lipinski definition) is 3. The van der Waals surface area contributed by atoms with E-state index in [1.54, 1.807) is 18.2 Å². The van der Waals surface area contributed by atoms with E-state index in [4.69, 9.17) is 16.3 Å². The molecule has 0 atom stereocenters. The van der Waals surface area contributed by atoms with Crippen LogP contribution in [0.2, 0.25) is 5.02 Å². The van der Waals surface area contributed by atoms with Crippen molar-refractivity contribution in [1.29, 1.82) is 0 Å². The van der Waals surface area contributed by atoms with Crippen molar-refractivity contribution in [3.8, 4) is 11.5 Å². The Hall–Kier alpha value is -1.87. The summed E-state index contributed by atoms with van der Waals surface area (Å²) in [5, 5.41) is 13.6. The maximum atomic E-state index is 9.78. The summed E-state index contributed by atoms with van der Waals surface area (Å²) in [5.41, 5.74) is 2.93. The second kappa shape index (κ2) is 5.02. The number of anilines is 1. The molecule has 1 aliphatic rings. The van der Waals surface area contributed by atoms with Gasteiger partial charge in [-0.3, -0.25) is 0 Å². The average Bonchev–Trinajstić information content (AvgIpc) is 2.85. The lowest BCUT2D eigenvalue weighted by molar-refractivity contribution is 0.357. The Balaban J connectivity index is 1.76. The van der Waals surface area contributed by atoms with Crippen LogP contribution in [-0.2, 0) is 13.0 Å². The molecular formula is C15H14ClNO2. The van der Waals surface area contributed by atoms with Gasteiger partial charge in [0.05, 0.1) is 6.61 Å². The van der Waals surface area contributed by atoms with Gasteiger partial charge in [0.15, 0.2) is 0 Å². The first-order chi connectivity index (χ1) is 9.24. The van der Waals surface area contributed by atoms with Crippen LogP contribution < -0.4 is 10.1 Å². The molecule has 3 rings (SSSR count). The van der Waals surface area contributed by atoms with Gasteiger partial charge in [0.1, 0.15) is 11.5 Å². The van der Waals surface area contributed by atoms with Crippen LogP contribution in [0.4, 0.5) is 5.69 Å². The minimum Gasteiger partial charge on any atom is -0.508 e. The van der Waals surface area contributed by atoms with Crippen LogP contribution in [0, 0.1) is 0 Å². The fourth-order valence-electron chi connectivity index (χ4n) is 2.21. The van der Waals surface area contributed by atoms with E-state index in [-0.39, 0.29) is 5.75 Å². The number of nitrogens with one attached hydrogen (secondary N) is 1. The zero-order chi connectivity index (χ0) is 13.2. The zero-order valence-corrected chi connectivity index (χ0v) is 11.1. The van der Waals surface area contributed by atoms with E-state index in [0.29, 0.717) is 17.1 Å². The summed E-state index contributed by atoms with van der Waals surface area (Å²) in [6.45, 7) is 1.25. The van der Waals surface area contributed by atoms with E-state index in [1.165, 1.54) is 5.56 Å². The molecule has 0 amide bonds. The van der Waals surface area contributed by atoms with Crippen molar-refractivity contribution < 1.29 is 9.84 Å². The van der Waals surface area contributed by atoms with Crippen LogP contribution in [0.15, 0.2) is 36.4 Å². The van der Waals surface area contributed by atoms with Gasteiger partial charge in [-0.2, -0.15) is 0 Å². The quantitative estimate of drug-likeness (QED) is 0.899. The molecule has 0 fully saturated rings. The van der Waals surface area contributed by atoms with Crippen molar-refractivity contribution in [2.45, 2.75) is 13.0 Å². The smallest absolute Gasteiger partial charge is 0.122 e. The van der Waals surface area contributed by atoms with Crippen LogP contribution in [0.3, 0.4) is 0 Å². The van der Waals surface area contributed by atoms with Crippen LogP contribution in [0.5, 0.6) is 11.5 Å². The second-order valence-electron chi connectivity index (χ2n) is 4.51. The SMILES string of the molecule is Oc1cccc(Cl)c1CNc1ccc2c(c1)CCO2. The van der Waals surface area contributed by atoms with E-state index < -0.39 is 0 Å². The Labute approximate surface area is 116 Å². The molecule has 0 radical (unpaired) electrons. The van der Waals surface area contributed by atoms with Crippen LogP contribution in [0.25, 0.3) is 0 Å². The van der Waals surface area contributed by atoms with E-state index in [0.717, 1.165) is 24.5 Å². The number of phenols is 1. The summed E-state index contributed by atoms with van der Waals surface area (Å²) in [6.07, 6.45) is 0.947. The number of ether oxygens (including phenoxy) is 1. The summed E-state index contributed by atoms with van der Waals surface area (Å²) >= 11 is 6.07. The number of halogens is 1. The molecule has 0 aliphatic carbocycles. The number of benzene rings is 2. The van der Waals surface area contributed by atoms with Crippen molar-refractivity contribution in [2.24, 2.45) is 0 Å². The minimum atomic E-state index is 0.212. The predicted octanol–water partition coefficient (Wildman–Crippen LogP) is 3.59. The van der Waals surface area contributed by atoms with Crippen LogP contribution in [-0.4, -0.2) is 11.7 Å². The third-order valence-corrected chi connectivity index (χ3v) is 3.61. The summed E-state index contributed by atoms with van der Waals surface area (Å²) < 4.78 is 5.47. The number of hydrogen-bond donors (Lipinski definition) is 2. The van der Waals surface area contributed by atoms with E-state index in [2.05, 4.69) is 11.4 Å². The van der Waals surface area contributed by atoms with Crippen molar-refractivity contribution in [3.05, 3.63) is 52.5 Å². The zero-order valence-electron chi connectivity index (χ0n) is 10.3. The molecule has 0 saturated carbocycles. The highest BCUT2D eigenvalue weighted by Crippen LogP contribution is 2.29. The standard InChI is InChI=1S/C15H14ClNO2/c16-13-2-1-3-14(18)12(13)9-17-11-4-5-15-10(8-11)6-7-19-15/h1-5,8,17-18H,6-7,9H2. The summed E-state index contributed by atoms with van der Waals surface area (Å²) in [4.78, 5) is 0. The Bertz CT molecular complexity index is 593. The van der Waals surface area contributed by atoms with Crippen LogP contribution in [0.1, 0.15) is 11.1 Å². The summed E-state index contributed by atoms with van der Waals surface area (Å²) in [7, 11) is 0. The summed E-state index contributed by atoms with van der Waals surface area (Å²) in [5.74, 6) is 1.18. The van der Waals surface area contributed by atoms with Gasteiger partial charge in [0, 0.05) is 29.2 Å². The van der Waals surface area contributed by atoms with Crippen molar-refractivity contribution in [3.63, 3.8) is 0 Å². The molecule has 0 bridgehead atoms. The highest BCUT2D eigenvalue weighted by molar-refractivity contribution is 6.31. The molecule has 3 nitrogen and oxygen atoms in total. The first-order valence-corrected chi connectivity index (χ1v) is 6.58. The summed E-state index contributed by atoms with van der Waals surface area (Å²) in [6, 6.07) is 11.2. The molecule has 98 valence electrons. The normalized spacial score (nSPS) is 12.9. The Morgan fingerprint density at radius 1 is 1.26 bits per heavy atom. The fraction of sp³-hybridized carbons (Fsp3) is 0.200. The minimum absolute atomic E-state index is 0.212. The molecule has 2 N–H and O–H groups in total. The number of rotatable bonds is 3. The number of aromatic hydroxyl groups is 1. The lowest BCUT2D eigenvalue weighted by atomic mass is 10.1. The molecule has 0 spiro atoms. The molecular weight excluding hydrogens is 262 g/mol. The molecule has 19 heavy (non-hydrogen) atoms. The third-order valence-electron chi connectivity index (χ3n) is 3.25. The van der Waals surface area contributed by atoms with E-state index >= 15 is 0 Å². The van der Waals surface area contributed by atoms with Gasteiger partial charge in [-0.05, 0) is 35.9 Å². The van der Waals surface area contributed by atoms with Gasteiger partial charge in [-0.15, -0.1) is 0 Å². The molecule has 4 heteroatoms. The van der Waals surface area contributed by atoms with Gasteiger partial charge in [0.2, 0.25) is 0 Å². The monoisotopic (exact) mass is 275 g/mol. The van der Waals surface area contributed by atoms with Gasteiger partial charge in [-0.25, -0.2) is 0 Å². The molecule has 2 aromatic rings. The largest absolute Gasteiger partial charge is 0.508 e. The van der Waals surface area contributed by atoms with Gasteiger partial charge < -0.3 is 15.2 Å². The Morgan fingerprint density at radius 2 is 2.16 bits per heavy atom. The fourth-order valence-corrected chi connectivity index (χ4v) is 2.45. The number of phenolic OH excluding ortho intramolecular Hbond substituents is 1.